The van der Waals surface area contributed by atoms with Gasteiger partial charge in [0.2, 0.25) is 0 Å². The summed E-state index contributed by atoms with van der Waals surface area (Å²) >= 11 is 0. The quantitative estimate of drug-likeness (QED) is 0.0211. The lowest BCUT2D eigenvalue weighted by atomic mass is 10.0. The van der Waals surface area contributed by atoms with Crippen LogP contribution in [0, 0.1) is 0 Å². The first-order valence-corrected chi connectivity index (χ1v) is 42.1. The number of quaternary nitrogens is 1. The number of unbranched alkanes of at least 4 members (excludes halogenated alkanes) is 43. The van der Waals surface area contributed by atoms with E-state index in [1.54, 1.807) is 0 Å². The molecule has 10 heteroatoms. The molecule has 96 heavy (non-hydrogen) atoms. The average molecular weight is 1360 g/mol. The highest BCUT2D eigenvalue weighted by atomic mass is 31.2. The zero-order chi connectivity index (χ0) is 69.7. The number of carbonyl (C=O) groups is 2. The molecule has 1 N–H and O–H groups in total. The van der Waals surface area contributed by atoms with Gasteiger partial charge < -0.3 is 18.9 Å². The number of phosphoric acid groups is 1. The summed E-state index contributed by atoms with van der Waals surface area (Å²) in [5, 5.41) is 0. The van der Waals surface area contributed by atoms with Crippen molar-refractivity contribution in [3.63, 3.8) is 0 Å². The number of nitrogens with zero attached hydrogens (tertiary/aromatic N) is 1. The first-order valence-electron chi connectivity index (χ1n) is 40.6. The van der Waals surface area contributed by atoms with Gasteiger partial charge in [0.1, 0.15) is 19.8 Å². The summed E-state index contributed by atoms with van der Waals surface area (Å²) < 4.78 is 34.8. The minimum absolute atomic E-state index is 0.0288. The Morgan fingerprint density at radius 2 is 0.594 bits per heavy atom. The fraction of sp³-hybridized carbons (Fsp3) is 0.767. The van der Waals surface area contributed by atoms with Crippen LogP contribution in [-0.2, 0) is 32.7 Å². The van der Waals surface area contributed by atoms with Crippen LogP contribution in [0.5, 0.6) is 0 Å². The van der Waals surface area contributed by atoms with E-state index < -0.39 is 26.5 Å². The molecule has 0 spiro atoms. The summed E-state index contributed by atoms with van der Waals surface area (Å²) in [7, 11) is 1.48. The number of carbonyl (C=O) groups excluding carboxylic acids is 2. The Morgan fingerprint density at radius 3 is 0.885 bits per heavy atom. The Morgan fingerprint density at radius 1 is 0.333 bits per heavy atom. The molecule has 0 aliphatic heterocycles. The molecule has 2 atom stereocenters. The van der Waals surface area contributed by atoms with Gasteiger partial charge >= 0.3 is 19.8 Å². The third kappa shape index (κ3) is 79.7. The van der Waals surface area contributed by atoms with Gasteiger partial charge in [-0.2, -0.15) is 0 Å². The highest BCUT2D eigenvalue weighted by molar-refractivity contribution is 7.47. The molecule has 0 rings (SSSR count). The van der Waals surface area contributed by atoms with Crippen LogP contribution in [0.4, 0.5) is 0 Å². The van der Waals surface area contributed by atoms with Crippen LogP contribution in [0.15, 0.2) is 109 Å². The van der Waals surface area contributed by atoms with E-state index in [4.69, 9.17) is 18.5 Å². The summed E-state index contributed by atoms with van der Waals surface area (Å²) in [5.74, 6) is -0.789. The van der Waals surface area contributed by atoms with Gasteiger partial charge in [-0.3, -0.25) is 18.6 Å². The largest absolute Gasteiger partial charge is 0.472 e. The Labute approximate surface area is 595 Å². The Kier molecular flexibility index (Phi) is 73.2. The van der Waals surface area contributed by atoms with E-state index in [9.17, 15) is 19.0 Å². The number of allylic oxidation sites excluding steroid dienone is 18. The highest BCUT2D eigenvalue weighted by Crippen LogP contribution is 2.43. The molecular weight excluding hydrogens is 1210 g/mol. The van der Waals surface area contributed by atoms with Crippen LogP contribution in [0.2, 0.25) is 0 Å². The molecule has 0 aliphatic rings. The van der Waals surface area contributed by atoms with Crippen LogP contribution in [0.1, 0.15) is 373 Å². The van der Waals surface area contributed by atoms with Crippen molar-refractivity contribution in [1.29, 1.82) is 0 Å². The van der Waals surface area contributed by atoms with E-state index in [0.717, 1.165) is 96.3 Å². The van der Waals surface area contributed by atoms with Crippen molar-refractivity contribution < 1.29 is 42.1 Å². The maximum Gasteiger partial charge on any atom is 0.472 e. The molecule has 0 amide bonds. The van der Waals surface area contributed by atoms with Crippen LogP contribution < -0.4 is 0 Å². The number of likely N-dealkylation sites (N-methyl/N-ethyl adjacent to an activating group) is 1. The van der Waals surface area contributed by atoms with Gasteiger partial charge in [0, 0.05) is 12.8 Å². The fourth-order valence-corrected chi connectivity index (χ4v) is 12.4. The second kappa shape index (κ2) is 75.9. The Bertz CT molecular complexity index is 1990. The van der Waals surface area contributed by atoms with Crippen LogP contribution in [0.3, 0.4) is 0 Å². The van der Waals surface area contributed by atoms with Crippen molar-refractivity contribution >= 4 is 19.8 Å². The third-order valence-electron chi connectivity index (χ3n) is 17.8. The van der Waals surface area contributed by atoms with E-state index in [1.165, 1.54) is 244 Å². The highest BCUT2D eigenvalue weighted by Gasteiger charge is 2.27. The molecule has 9 nitrogen and oxygen atoms in total. The molecule has 0 fully saturated rings. The molecule has 0 aliphatic carbocycles. The first-order chi connectivity index (χ1) is 47.0. The molecule has 0 aromatic carbocycles. The smallest absolute Gasteiger partial charge is 0.462 e. The number of ether oxygens (including phenoxy) is 2. The zero-order valence-electron chi connectivity index (χ0n) is 63.6. The number of phosphoric ester groups is 1. The van der Waals surface area contributed by atoms with Crippen LogP contribution in [-0.4, -0.2) is 74.9 Å². The lowest BCUT2D eigenvalue weighted by molar-refractivity contribution is -0.870. The monoisotopic (exact) mass is 1360 g/mol. The minimum Gasteiger partial charge on any atom is -0.462 e. The Hall–Kier alpha value is -3.33. The van der Waals surface area contributed by atoms with Gasteiger partial charge in [-0.1, -0.05) is 367 Å². The zero-order valence-corrected chi connectivity index (χ0v) is 64.5. The predicted molar refractivity (Wildman–Crippen MR) is 418 cm³/mol. The van der Waals surface area contributed by atoms with Crippen LogP contribution >= 0.6 is 7.82 Å². The fourth-order valence-electron chi connectivity index (χ4n) is 11.6. The molecule has 556 valence electrons. The van der Waals surface area contributed by atoms with Gasteiger partial charge in [0.05, 0.1) is 27.7 Å². The number of hydrogen-bond acceptors (Lipinski definition) is 7. The van der Waals surface area contributed by atoms with Crippen molar-refractivity contribution in [3.8, 4) is 0 Å². The second-order valence-corrected chi connectivity index (χ2v) is 29.9. The van der Waals surface area contributed by atoms with Crippen LogP contribution in [0.25, 0.3) is 0 Å². The molecule has 0 saturated heterocycles. The number of esters is 2. The molecule has 0 bridgehead atoms. The van der Waals surface area contributed by atoms with Crippen molar-refractivity contribution in [2.24, 2.45) is 0 Å². The lowest BCUT2D eigenvalue weighted by Gasteiger charge is -2.24. The molecular formula is C86H155NO8P+. The van der Waals surface area contributed by atoms with Gasteiger partial charge in [0.25, 0.3) is 0 Å². The predicted octanol–water partition coefficient (Wildman–Crippen LogP) is 27.2. The van der Waals surface area contributed by atoms with E-state index in [0.29, 0.717) is 17.4 Å². The molecule has 0 heterocycles. The molecule has 0 radical (unpaired) electrons. The molecule has 0 aromatic rings. The number of rotatable bonds is 75. The van der Waals surface area contributed by atoms with Crippen molar-refractivity contribution in [2.75, 3.05) is 47.5 Å². The van der Waals surface area contributed by atoms with E-state index >= 15 is 0 Å². The molecule has 0 saturated carbocycles. The van der Waals surface area contributed by atoms with Gasteiger partial charge in [0.15, 0.2) is 6.10 Å². The van der Waals surface area contributed by atoms with E-state index in [1.807, 2.05) is 21.1 Å². The van der Waals surface area contributed by atoms with Gasteiger partial charge in [-0.05, 0) is 103 Å². The summed E-state index contributed by atoms with van der Waals surface area (Å²) in [6.45, 7) is 4.35. The Balaban J connectivity index is 3.95. The standard InChI is InChI=1S/C86H154NO8P/c1-6-8-10-12-14-16-18-20-22-24-26-28-30-32-34-36-38-40-41-42-43-44-45-47-48-50-52-54-56-58-60-62-64-66-68-70-72-74-76-78-85(88)92-82-84(83-94-96(90,91)93-81-80-87(3,4)5)95-86(89)79-77-75-73-71-69-67-65-63-61-59-57-55-53-51-49-46-39-37-35-33-31-29-27-25-23-21-19-17-15-13-11-9-7-2/h9,11,15,17-18,20-21,23-24,26-27,29,33,35,39,46,51,53,84H,6-8,10,12-14,16,19,22,25,28,30-32,34,36-38,40-45,47-50,52,54-83H2,1-5H3/p+1/b11-9-,17-15-,20-18-,23-21-,26-24-,29-27-,35-33-,46-39-,53-51-. The van der Waals surface area contributed by atoms with E-state index in [-0.39, 0.29) is 32.0 Å². The summed E-state index contributed by atoms with van der Waals surface area (Å²) in [6.07, 6.45) is 108. The average Bonchev–Trinajstić information content (AvgIpc) is 1.48. The summed E-state index contributed by atoms with van der Waals surface area (Å²) in [6, 6.07) is 0. The minimum atomic E-state index is -4.40. The topological polar surface area (TPSA) is 108 Å². The van der Waals surface area contributed by atoms with Gasteiger partial charge in [-0.25, -0.2) is 4.57 Å². The maximum absolute atomic E-state index is 12.9. The third-order valence-corrected chi connectivity index (χ3v) is 18.8. The molecule has 2 unspecified atom stereocenters. The molecule has 0 aromatic heterocycles. The summed E-state index contributed by atoms with van der Waals surface area (Å²) in [5.41, 5.74) is 0. The van der Waals surface area contributed by atoms with Crippen molar-refractivity contribution in [1.82, 2.24) is 0 Å². The van der Waals surface area contributed by atoms with E-state index in [2.05, 4.69) is 123 Å². The van der Waals surface area contributed by atoms with Crippen molar-refractivity contribution in [3.05, 3.63) is 109 Å². The normalized spacial score (nSPS) is 13.6. The maximum atomic E-state index is 12.9. The van der Waals surface area contributed by atoms with Gasteiger partial charge in [-0.15, -0.1) is 0 Å². The number of hydrogen-bond donors (Lipinski definition) is 1. The SMILES string of the molecule is CC/C=C\C/C=C\C/C=C\C/C=C\C/C=C\C/C=C\C/C=C\CCCCCCCCCCCCCC(=O)OC(COC(=O)CCCCCCCCCCCCCCCCCCCCCCCCCCCCC/C=C\C/C=C\CCCCCCC)COP(=O)(O)OCC[N+](C)(C)C. The lowest BCUT2D eigenvalue weighted by Crippen LogP contribution is -2.37. The first kappa shape index (κ1) is 92.7. The van der Waals surface area contributed by atoms with Crippen molar-refractivity contribution in [2.45, 2.75) is 380 Å². The summed E-state index contributed by atoms with van der Waals surface area (Å²) in [4.78, 5) is 36.0. The second-order valence-electron chi connectivity index (χ2n) is 28.4.